The highest BCUT2D eigenvalue weighted by atomic mass is 16.7. The number of carbonyl (C=O) groups excluding carboxylic acids is 2. The second-order valence-corrected chi connectivity index (χ2v) is 9.15. The van der Waals surface area contributed by atoms with Crippen LogP contribution in [-0.2, 0) is 22.6 Å². The Labute approximate surface area is 201 Å². The number of para-hydroxylation sites is 1. The number of nitrogens with one attached hydrogen (secondary N) is 1. The van der Waals surface area contributed by atoms with E-state index in [-0.39, 0.29) is 25.2 Å². The Hall–Kier alpha value is -4.33. The number of fused-ring (bicyclic) bond motifs is 5. The number of hydrogen-bond donors (Lipinski definition) is 1. The molecule has 2 amide bonds. The van der Waals surface area contributed by atoms with E-state index in [1.807, 2.05) is 48.5 Å². The number of ether oxygens (including phenoxy) is 2. The molecule has 0 bridgehead atoms. The number of aromatic nitrogens is 2. The third-order valence-corrected chi connectivity index (χ3v) is 7.18. The van der Waals surface area contributed by atoms with Crippen molar-refractivity contribution >= 4 is 22.7 Å². The van der Waals surface area contributed by atoms with E-state index in [2.05, 4.69) is 16.0 Å². The smallest absolute Gasteiger partial charge is 0.246 e. The Balaban J connectivity index is 1.35. The third-order valence-electron chi connectivity index (χ3n) is 7.18. The first kappa shape index (κ1) is 20.1. The lowest BCUT2D eigenvalue weighted by atomic mass is 9.86. The molecule has 0 radical (unpaired) electrons. The van der Waals surface area contributed by atoms with Gasteiger partial charge >= 0.3 is 0 Å². The number of rotatable bonds is 3. The minimum absolute atomic E-state index is 0.0360. The number of amides is 2. The molecule has 0 saturated carbocycles. The molecule has 2 aromatic carbocycles. The minimum atomic E-state index is -0.583. The molecule has 5 heterocycles. The van der Waals surface area contributed by atoms with Crippen molar-refractivity contribution in [2.45, 2.75) is 25.0 Å². The number of piperazine rings is 1. The lowest BCUT2D eigenvalue weighted by Gasteiger charge is -2.47. The summed E-state index contributed by atoms with van der Waals surface area (Å²) in [7, 11) is 0. The Kier molecular flexibility index (Phi) is 4.36. The molecule has 0 spiro atoms. The van der Waals surface area contributed by atoms with Gasteiger partial charge in [-0.2, -0.15) is 0 Å². The summed E-state index contributed by atoms with van der Waals surface area (Å²) in [4.78, 5) is 38.5. The van der Waals surface area contributed by atoms with Crippen molar-refractivity contribution in [3.63, 3.8) is 0 Å². The van der Waals surface area contributed by atoms with Crippen LogP contribution in [0, 0.1) is 0 Å². The molecule has 8 nitrogen and oxygen atoms in total. The summed E-state index contributed by atoms with van der Waals surface area (Å²) in [5.74, 6) is 1.22. The van der Waals surface area contributed by atoms with Gasteiger partial charge in [-0.3, -0.25) is 14.6 Å². The second kappa shape index (κ2) is 7.59. The van der Waals surface area contributed by atoms with Gasteiger partial charge in [0.15, 0.2) is 11.5 Å². The first-order chi connectivity index (χ1) is 17.2. The second-order valence-electron chi connectivity index (χ2n) is 9.15. The van der Waals surface area contributed by atoms with Gasteiger partial charge in [0.1, 0.15) is 12.6 Å². The highest BCUT2D eigenvalue weighted by Crippen LogP contribution is 2.45. The molecule has 0 aliphatic carbocycles. The van der Waals surface area contributed by atoms with Gasteiger partial charge in [0.05, 0.1) is 6.04 Å². The monoisotopic (exact) mass is 466 g/mol. The van der Waals surface area contributed by atoms with Crippen molar-refractivity contribution in [2.75, 3.05) is 13.3 Å². The summed E-state index contributed by atoms with van der Waals surface area (Å²) in [5.41, 5.74) is 4.86. The summed E-state index contributed by atoms with van der Waals surface area (Å²) in [6.07, 6.45) is 3.87. The number of aromatic amines is 1. The van der Waals surface area contributed by atoms with Gasteiger partial charge in [-0.05, 0) is 47.0 Å². The van der Waals surface area contributed by atoms with Crippen LogP contribution in [0.5, 0.6) is 11.5 Å². The molecule has 35 heavy (non-hydrogen) atoms. The maximum absolute atomic E-state index is 13.8. The average Bonchev–Trinajstić information content (AvgIpc) is 3.50. The van der Waals surface area contributed by atoms with Crippen molar-refractivity contribution in [3.8, 4) is 11.5 Å². The van der Waals surface area contributed by atoms with Crippen LogP contribution in [0.2, 0.25) is 0 Å². The molecule has 1 N–H and O–H groups in total. The zero-order valence-corrected chi connectivity index (χ0v) is 18.8. The van der Waals surface area contributed by atoms with Gasteiger partial charge in [-0.15, -0.1) is 0 Å². The van der Waals surface area contributed by atoms with E-state index in [0.29, 0.717) is 24.5 Å². The molecule has 2 aromatic heterocycles. The maximum Gasteiger partial charge on any atom is 0.246 e. The molecule has 3 aliphatic rings. The summed E-state index contributed by atoms with van der Waals surface area (Å²) in [6.45, 7) is 0.593. The first-order valence-corrected chi connectivity index (χ1v) is 11.7. The summed E-state index contributed by atoms with van der Waals surface area (Å²) >= 11 is 0. The Morgan fingerprint density at radius 1 is 1.00 bits per heavy atom. The molecule has 3 aliphatic heterocycles. The first-order valence-electron chi connectivity index (χ1n) is 11.7. The lowest BCUT2D eigenvalue weighted by molar-refractivity contribution is -0.159. The van der Waals surface area contributed by atoms with Crippen molar-refractivity contribution in [2.24, 2.45) is 0 Å². The van der Waals surface area contributed by atoms with Crippen LogP contribution < -0.4 is 9.47 Å². The summed E-state index contributed by atoms with van der Waals surface area (Å²) < 4.78 is 11.1. The van der Waals surface area contributed by atoms with E-state index in [4.69, 9.17) is 9.47 Å². The number of carbonyl (C=O) groups is 2. The van der Waals surface area contributed by atoms with Crippen molar-refractivity contribution < 1.29 is 19.1 Å². The van der Waals surface area contributed by atoms with Crippen LogP contribution in [-0.4, -0.2) is 51.0 Å². The fraction of sp³-hybridized carbons (Fsp3) is 0.222. The summed E-state index contributed by atoms with van der Waals surface area (Å²) in [6, 6.07) is 16.6. The fourth-order valence-electron chi connectivity index (χ4n) is 5.60. The zero-order chi connectivity index (χ0) is 23.5. The number of pyridine rings is 1. The summed E-state index contributed by atoms with van der Waals surface area (Å²) in [5, 5.41) is 1.08. The van der Waals surface area contributed by atoms with Crippen LogP contribution in [0.15, 0.2) is 67.0 Å². The Morgan fingerprint density at radius 2 is 1.83 bits per heavy atom. The van der Waals surface area contributed by atoms with Crippen LogP contribution in [0.4, 0.5) is 0 Å². The molecular formula is C27H22N4O4. The van der Waals surface area contributed by atoms with Gasteiger partial charge in [0.2, 0.25) is 18.6 Å². The molecule has 174 valence electrons. The van der Waals surface area contributed by atoms with Gasteiger partial charge in [-0.25, -0.2) is 0 Å². The van der Waals surface area contributed by atoms with Crippen molar-refractivity contribution in [3.05, 3.63) is 89.4 Å². The quantitative estimate of drug-likeness (QED) is 0.501. The van der Waals surface area contributed by atoms with E-state index >= 15 is 0 Å². The highest BCUT2D eigenvalue weighted by molar-refractivity contribution is 5.97. The average molecular weight is 466 g/mol. The van der Waals surface area contributed by atoms with E-state index < -0.39 is 12.1 Å². The number of hydrogen-bond acceptors (Lipinski definition) is 5. The highest BCUT2D eigenvalue weighted by Gasteiger charge is 2.48. The van der Waals surface area contributed by atoms with E-state index in [1.54, 1.807) is 22.2 Å². The topological polar surface area (TPSA) is 87.8 Å². The van der Waals surface area contributed by atoms with Gasteiger partial charge in [-0.1, -0.05) is 24.3 Å². The van der Waals surface area contributed by atoms with Gasteiger partial charge in [0.25, 0.3) is 0 Å². The van der Waals surface area contributed by atoms with E-state index in [9.17, 15) is 9.59 Å². The van der Waals surface area contributed by atoms with E-state index in [0.717, 1.165) is 33.3 Å². The molecule has 8 heteroatoms. The number of benzene rings is 2. The molecular weight excluding hydrogens is 444 g/mol. The predicted octanol–water partition coefficient (Wildman–Crippen LogP) is 3.18. The fourth-order valence-corrected chi connectivity index (χ4v) is 5.60. The molecule has 4 aromatic rings. The largest absolute Gasteiger partial charge is 0.454 e. The number of H-pyrrole nitrogens is 1. The molecule has 7 rings (SSSR count). The maximum atomic E-state index is 13.8. The van der Waals surface area contributed by atoms with Crippen LogP contribution in [0.3, 0.4) is 0 Å². The molecule has 1 saturated heterocycles. The normalized spacial score (nSPS) is 20.8. The van der Waals surface area contributed by atoms with Gasteiger partial charge in [0, 0.05) is 42.0 Å². The number of nitrogens with zero attached hydrogens (tertiary/aromatic N) is 3. The van der Waals surface area contributed by atoms with Gasteiger partial charge < -0.3 is 24.3 Å². The zero-order valence-electron chi connectivity index (χ0n) is 18.8. The van der Waals surface area contributed by atoms with Crippen LogP contribution in [0.25, 0.3) is 10.9 Å². The lowest BCUT2D eigenvalue weighted by Crippen LogP contribution is -2.62. The van der Waals surface area contributed by atoms with Crippen molar-refractivity contribution in [1.29, 1.82) is 0 Å². The molecule has 0 unspecified atom stereocenters. The standard InChI is InChI=1S/C27H22N4O4/c32-24-14-30(13-16-7-9-28-10-8-16)27(33)21-12-19-18-3-1-2-4-20(18)29-25(19)26(31(21)24)17-5-6-22-23(11-17)35-15-34-22/h1-11,21,26,29H,12-15H2/t21-,26-/m0/s1. The van der Waals surface area contributed by atoms with Crippen molar-refractivity contribution in [1.82, 2.24) is 19.8 Å². The molecule has 1 fully saturated rings. The third kappa shape index (κ3) is 3.10. The Morgan fingerprint density at radius 3 is 2.71 bits per heavy atom. The molecule has 2 atom stereocenters. The SMILES string of the molecule is O=C1[C@@H]2Cc3c([nH]c4ccccc34)[C@H](c3ccc4c(c3)OCO4)N2C(=O)CN1Cc1ccncc1. The van der Waals surface area contributed by atoms with Crippen LogP contribution in [0.1, 0.15) is 28.4 Å². The Bertz CT molecular complexity index is 1480. The minimum Gasteiger partial charge on any atom is -0.454 e. The van der Waals surface area contributed by atoms with Crippen LogP contribution >= 0.6 is 0 Å². The predicted molar refractivity (Wildman–Crippen MR) is 127 cm³/mol. The van der Waals surface area contributed by atoms with E-state index in [1.165, 1.54) is 0 Å².